The van der Waals surface area contributed by atoms with Crippen molar-refractivity contribution in [1.29, 1.82) is 0 Å². The van der Waals surface area contributed by atoms with Crippen LogP contribution >= 0.6 is 0 Å². The summed E-state index contributed by atoms with van der Waals surface area (Å²) < 4.78 is 0. The second-order valence-corrected chi connectivity index (χ2v) is 7.92. The second-order valence-electron chi connectivity index (χ2n) is 7.92. The van der Waals surface area contributed by atoms with Crippen LogP contribution in [0.25, 0.3) is 0 Å². The van der Waals surface area contributed by atoms with Crippen LogP contribution in [0.4, 0.5) is 0 Å². The largest absolute Gasteiger partial charge is 0.314 e. The van der Waals surface area contributed by atoms with E-state index in [9.17, 15) is 0 Å². The first-order chi connectivity index (χ1) is 9.98. The molecule has 1 aromatic carbocycles. The first-order valence-electron chi connectivity index (χ1n) is 8.77. The summed E-state index contributed by atoms with van der Waals surface area (Å²) in [4.78, 5) is 0. The summed E-state index contributed by atoms with van der Waals surface area (Å²) in [7, 11) is 0. The van der Waals surface area contributed by atoms with E-state index in [-0.39, 0.29) is 0 Å². The highest BCUT2D eigenvalue weighted by atomic mass is 14.9. The van der Waals surface area contributed by atoms with Crippen molar-refractivity contribution in [2.45, 2.75) is 71.8 Å². The fourth-order valence-electron chi connectivity index (χ4n) is 3.85. The van der Waals surface area contributed by atoms with Crippen LogP contribution < -0.4 is 5.32 Å². The zero-order chi connectivity index (χ0) is 15.3. The summed E-state index contributed by atoms with van der Waals surface area (Å²) in [5, 5.41) is 3.88. The standard InChI is InChI=1S/C20H33N/c1-16(17-10-6-5-7-11-17)14-15-21-19-13-9-8-12-18(19)20(2,3)4/h5-7,10-11,16,18-19,21H,8-9,12-15H2,1-4H3. The van der Waals surface area contributed by atoms with Crippen molar-refractivity contribution in [1.82, 2.24) is 5.32 Å². The zero-order valence-corrected chi connectivity index (χ0v) is 14.4. The molecule has 118 valence electrons. The van der Waals surface area contributed by atoms with E-state index >= 15 is 0 Å². The Hall–Kier alpha value is -0.820. The lowest BCUT2D eigenvalue weighted by atomic mass is 9.69. The molecule has 1 fully saturated rings. The zero-order valence-electron chi connectivity index (χ0n) is 14.4. The molecule has 1 heteroatoms. The molecule has 0 bridgehead atoms. The molecule has 0 aliphatic heterocycles. The lowest BCUT2D eigenvalue weighted by Gasteiger charge is -2.41. The molecule has 0 heterocycles. The van der Waals surface area contributed by atoms with E-state index in [2.05, 4.69) is 63.3 Å². The smallest absolute Gasteiger partial charge is 0.0100 e. The van der Waals surface area contributed by atoms with Crippen LogP contribution in [-0.4, -0.2) is 12.6 Å². The van der Waals surface area contributed by atoms with Gasteiger partial charge in [-0.25, -0.2) is 0 Å². The van der Waals surface area contributed by atoms with Crippen LogP contribution in [0.2, 0.25) is 0 Å². The van der Waals surface area contributed by atoms with Crippen LogP contribution in [0.1, 0.15) is 71.3 Å². The van der Waals surface area contributed by atoms with Crippen LogP contribution in [-0.2, 0) is 0 Å². The second kappa shape index (κ2) is 7.45. The molecule has 1 saturated carbocycles. The third-order valence-corrected chi connectivity index (χ3v) is 5.23. The van der Waals surface area contributed by atoms with Gasteiger partial charge >= 0.3 is 0 Å². The number of hydrogen-bond donors (Lipinski definition) is 1. The molecular formula is C20H33N. The molecule has 2 rings (SSSR count). The summed E-state index contributed by atoms with van der Waals surface area (Å²) in [5.74, 6) is 1.48. The van der Waals surface area contributed by atoms with E-state index in [1.807, 2.05) is 0 Å². The number of rotatable bonds is 5. The third-order valence-electron chi connectivity index (χ3n) is 5.23. The highest BCUT2D eigenvalue weighted by Crippen LogP contribution is 2.38. The van der Waals surface area contributed by atoms with E-state index in [0.29, 0.717) is 11.3 Å². The Labute approximate surface area is 131 Å². The van der Waals surface area contributed by atoms with Gasteiger partial charge in [0.15, 0.2) is 0 Å². The summed E-state index contributed by atoms with van der Waals surface area (Å²) in [6.45, 7) is 10.7. The van der Waals surface area contributed by atoms with Crippen LogP contribution in [0.5, 0.6) is 0 Å². The van der Waals surface area contributed by atoms with Gasteiger partial charge in [-0.15, -0.1) is 0 Å². The molecule has 3 unspecified atom stereocenters. The Balaban J connectivity index is 1.81. The van der Waals surface area contributed by atoms with Gasteiger partial charge in [0.2, 0.25) is 0 Å². The Morgan fingerprint density at radius 3 is 2.43 bits per heavy atom. The quantitative estimate of drug-likeness (QED) is 0.767. The monoisotopic (exact) mass is 287 g/mol. The van der Waals surface area contributed by atoms with E-state index in [0.717, 1.165) is 18.5 Å². The Morgan fingerprint density at radius 1 is 1.10 bits per heavy atom. The summed E-state index contributed by atoms with van der Waals surface area (Å²) in [6, 6.07) is 11.6. The van der Waals surface area contributed by atoms with Crippen LogP contribution in [0.3, 0.4) is 0 Å². The van der Waals surface area contributed by atoms with Crippen LogP contribution in [0.15, 0.2) is 30.3 Å². The fourth-order valence-corrected chi connectivity index (χ4v) is 3.85. The van der Waals surface area contributed by atoms with Gasteiger partial charge in [0.1, 0.15) is 0 Å². The van der Waals surface area contributed by atoms with Crippen molar-refractivity contribution in [3.05, 3.63) is 35.9 Å². The molecule has 1 aliphatic carbocycles. The highest BCUT2D eigenvalue weighted by Gasteiger charge is 2.33. The minimum absolute atomic E-state index is 0.434. The van der Waals surface area contributed by atoms with E-state index < -0.39 is 0 Å². The maximum atomic E-state index is 3.88. The van der Waals surface area contributed by atoms with Gasteiger partial charge in [-0.1, -0.05) is 70.9 Å². The van der Waals surface area contributed by atoms with Crippen molar-refractivity contribution in [2.75, 3.05) is 6.54 Å². The first kappa shape index (κ1) is 16.5. The van der Waals surface area contributed by atoms with E-state index in [4.69, 9.17) is 0 Å². The molecule has 21 heavy (non-hydrogen) atoms. The lowest BCUT2D eigenvalue weighted by molar-refractivity contribution is 0.131. The molecule has 0 aromatic heterocycles. The van der Waals surface area contributed by atoms with E-state index in [1.165, 1.54) is 37.7 Å². The Morgan fingerprint density at radius 2 is 1.76 bits per heavy atom. The molecule has 1 nitrogen and oxygen atoms in total. The minimum Gasteiger partial charge on any atom is -0.314 e. The summed E-state index contributed by atoms with van der Waals surface area (Å²) in [5.41, 5.74) is 1.90. The average molecular weight is 287 g/mol. The molecular weight excluding hydrogens is 254 g/mol. The van der Waals surface area contributed by atoms with E-state index in [1.54, 1.807) is 0 Å². The first-order valence-corrected chi connectivity index (χ1v) is 8.77. The molecule has 0 spiro atoms. The lowest BCUT2D eigenvalue weighted by Crippen LogP contribution is -2.44. The molecule has 1 aliphatic rings. The van der Waals surface area contributed by atoms with Gasteiger partial charge in [-0.2, -0.15) is 0 Å². The van der Waals surface area contributed by atoms with Crippen molar-refractivity contribution >= 4 is 0 Å². The highest BCUT2D eigenvalue weighted by molar-refractivity contribution is 5.18. The minimum atomic E-state index is 0.434. The SMILES string of the molecule is CC(CCNC1CCCCC1C(C)(C)C)c1ccccc1. The maximum Gasteiger partial charge on any atom is 0.0100 e. The number of hydrogen-bond acceptors (Lipinski definition) is 1. The van der Waals surface area contributed by atoms with Crippen molar-refractivity contribution < 1.29 is 0 Å². The molecule has 1 aromatic rings. The predicted molar refractivity (Wildman–Crippen MR) is 92.7 cm³/mol. The fraction of sp³-hybridized carbons (Fsp3) is 0.700. The predicted octanol–water partition coefficient (Wildman–Crippen LogP) is 5.37. The van der Waals surface area contributed by atoms with Gasteiger partial charge in [0.25, 0.3) is 0 Å². The van der Waals surface area contributed by atoms with Gasteiger partial charge in [-0.05, 0) is 48.6 Å². The number of nitrogens with one attached hydrogen (secondary N) is 1. The van der Waals surface area contributed by atoms with Gasteiger partial charge in [-0.3, -0.25) is 0 Å². The van der Waals surface area contributed by atoms with Gasteiger partial charge in [0.05, 0.1) is 0 Å². The topological polar surface area (TPSA) is 12.0 Å². The van der Waals surface area contributed by atoms with Crippen molar-refractivity contribution in [2.24, 2.45) is 11.3 Å². The molecule has 3 atom stereocenters. The average Bonchev–Trinajstić information content (AvgIpc) is 2.47. The van der Waals surface area contributed by atoms with Crippen LogP contribution in [0, 0.1) is 11.3 Å². The normalized spacial score (nSPS) is 24.8. The summed E-state index contributed by atoms with van der Waals surface area (Å²) >= 11 is 0. The molecule has 0 amide bonds. The molecule has 0 saturated heterocycles. The van der Waals surface area contributed by atoms with Gasteiger partial charge in [0, 0.05) is 6.04 Å². The maximum absolute atomic E-state index is 3.88. The molecule has 0 radical (unpaired) electrons. The third kappa shape index (κ3) is 4.85. The molecule has 1 N–H and O–H groups in total. The number of benzene rings is 1. The van der Waals surface area contributed by atoms with Gasteiger partial charge < -0.3 is 5.32 Å². The Kier molecular flexibility index (Phi) is 5.87. The summed E-state index contributed by atoms with van der Waals surface area (Å²) in [6.07, 6.45) is 6.81. The van der Waals surface area contributed by atoms with Crippen molar-refractivity contribution in [3.63, 3.8) is 0 Å². The Bertz CT molecular complexity index is 404. The van der Waals surface area contributed by atoms with Crippen molar-refractivity contribution in [3.8, 4) is 0 Å².